The largest absolute Gasteiger partial charge is 0.327 e. The molecule has 1 aliphatic rings. The quantitative estimate of drug-likeness (QED) is 0.814. The Balaban J connectivity index is 2.26. The van der Waals surface area contributed by atoms with Crippen LogP contribution in [0.4, 0.5) is 4.39 Å². The molecule has 0 spiro atoms. The smallest absolute Gasteiger partial charge is 0.149 e. The van der Waals surface area contributed by atoms with Crippen molar-refractivity contribution in [2.24, 2.45) is 5.73 Å². The van der Waals surface area contributed by atoms with E-state index in [0.29, 0.717) is 12.8 Å². The van der Waals surface area contributed by atoms with Crippen molar-refractivity contribution in [1.29, 1.82) is 0 Å². The van der Waals surface area contributed by atoms with Crippen molar-refractivity contribution >= 4 is 27.3 Å². The molecule has 1 aliphatic carbocycles. The van der Waals surface area contributed by atoms with Crippen LogP contribution >= 0.6 is 27.3 Å². The second kappa shape index (κ2) is 2.79. The predicted molar refractivity (Wildman–Crippen MR) is 52.0 cm³/mol. The third kappa shape index (κ3) is 1.22. The molecule has 0 aromatic carbocycles. The van der Waals surface area contributed by atoms with Gasteiger partial charge < -0.3 is 5.73 Å². The Morgan fingerprint density at radius 2 is 2.33 bits per heavy atom. The number of rotatable bonds is 1. The Morgan fingerprint density at radius 1 is 1.67 bits per heavy atom. The highest BCUT2D eigenvalue weighted by Crippen LogP contribution is 2.48. The first-order chi connectivity index (χ1) is 5.62. The molecular weight excluding hydrogens is 241 g/mol. The molecule has 1 saturated carbocycles. The van der Waals surface area contributed by atoms with E-state index in [1.807, 2.05) is 11.4 Å². The van der Waals surface area contributed by atoms with Crippen molar-refractivity contribution in [1.82, 2.24) is 0 Å². The monoisotopic (exact) mass is 249 g/mol. The van der Waals surface area contributed by atoms with E-state index in [-0.39, 0.29) is 6.04 Å². The second-order valence-electron chi connectivity index (χ2n) is 3.23. The van der Waals surface area contributed by atoms with Gasteiger partial charge in [-0.1, -0.05) is 0 Å². The van der Waals surface area contributed by atoms with E-state index in [4.69, 9.17) is 5.73 Å². The summed E-state index contributed by atoms with van der Waals surface area (Å²) >= 11 is 4.78. The molecule has 0 amide bonds. The molecule has 2 N–H and O–H groups in total. The van der Waals surface area contributed by atoms with Gasteiger partial charge in [-0.2, -0.15) is 0 Å². The summed E-state index contributed by atoms with van der Waals surface area (Å²) in [7, 11) is 0. The van der Waals surface area contributed by atoms with Crippen LogP contribution in [0.2, 0.25) is 0 Å². The fourth-order valence-electron chi connectivity index (χ4n) is 1.57. The molecule has 1 fully saturated rings. The second-order valence-corrected chi connectivity index (χ2v) is 5.00. The summed E-state index contributed by atoms with van der Waals surface area (Å²) in [6, 6.07) is 1.93. The van der Waals surface area contributed by atoms with Crippen molar-refractivity contribution in [2.45, 2.75) is 24.6 Å². The third-order valence-electron chi connectivity index (χ3n) is 2.20. The average Bonchev–Trinajstić information content (AvgIpc) is 2.32. The maximum Gasteiger partial charge on any atom is 0.149 e. The van der Waals surface area contributed by atoms with Crippen molar-refractivity contribution in [2.75, 3.05) is 0 Å². The highest BCUT2D eigenvalue weighted by Gasteiger charge is 2.46. The normalized spacial score (nSPS) is 34.8. The van der Waals surface area contributed by atoms with E-state index in [1.54, 1.807) is 0 Å². The summed E-state index contributed by atoms with van der Waals surface area (Å²) in [5.74, 6) is 0. The first kappa shape index (κ1) is 8.66. The minimum Gasteiger partial charge on any atom is -0.327 e. The summed E-state index contributed by atoms with van der Waals surface area (Å²) in [5, 5.41) is 1.89. The summed E-state index contributed by atoms with van der Waals surface area (Å²) in [5.41, 5.74) is 4.41. The van der Waals surface area contributed by atoms with Gasteiger partial charge in [-0.05, 0) is 27.4 Å². The lowest BCUT2D eigenvalue weighted by Crippen LogP contribution is -2.45. The standard InChI is InChI=1S/C8H9BrFNS/c9-6-1-2-12-7(6)8(10)3-5(11)4-8/h1-2,5H,3-4,11H2. The average molecular weight is 250 g/mol. The van der Waals surface area contributed by atoms with Crippen LogP contribution in [0.3, 0.4) is 0 Å². The lowest BCUT2D eigenvalue weighted by Gasteiger charge is -2.38. The zero-order valence-corrected chi connectivity index (χ0v) is 8.79. The van der Waals surface area contributed by atoms with Crippen LogP contribution in [0, 0.1) is 0 Å². The van der Waals surface area contributed by atoms with E-state index in [2.05, 4.69) is 15.9 Å². The van der Waals surface area contributed by atoms with Gasteiger partial charge in [0.25, 0.3) is 0 Å². The molecule has 0 saturated heterocycles. The number of hydrogen-bond donors (Lipinski definition) is 1. The highest BCUT2D eigenvalue weighted by atomic mass is 79.9. The number of nitrogens with two attached hydrogens (primary N) is 1. The first-order valence-corrected chi connectivity index (χ1v) is 5.47. The molecule has 0 aliphatic heterocycles. The van der Waals surface area contributed by atoms with Gasteiger partial charge in [-0.25, -0.2) is 4.39 Å². The van der Waals surface area contributed by atoms with Gasteiger partial charge in [0.15, 0.2) is 0 Å². The van der Waals surface area contributed by atoms with Crippen LogP contribution < -0.4 is 5.73 Å². The van der Waals surface area contributed by atoms with E-state index in [1.165, 1.54) is 11.3 Å². The Labute approximate surface area is 82.9 Å². The molecule has 1 heterocycles. The van der Waals surface area contributed by atoms with Gasteiger partial charge in [0.05, 0.1) is 4.88 Å². The van der Waals surface area contributed by atoms with Gasteiger partial charge in [0.2, 0.25) is 0 Å². The van der Waals surface area contributed by atoms with Crippen LogP contribution in [0.15, 0.2) is 15.9 Å². The minimum absolute atomic E-state index is 0.0454. The summed E-state index contributed by atoms with van der Waals surface area (Å²) < 4.78 is 14.8. The van der Waals surface area contributed by atoms with Crippen LogP contribution in [0.5, 0.6) is 0 Å². The molecular formula is C8H9BrFNS. The van der Waals surface area contributed by atoms with E-state index < -0.39 is 5.67 Å². The van der Waals surface area contributed by atoms with Crippen LogP contribution in [-0.2, 0) is 5.67 Å². The number of halogens is 2. The number of alkyl halides is 1. The Kier molecular flexibility index (Phi) is 2.01. The molecule has 4 heteroatoms. The minimum atomic E-state index is -1.15. The van der Waals surface area contributed by atoms with E-state index in [0.717, 1.165) is 9.35 Å². The van der Waals surface area contributed by atoms with Crippen LogP contribution in [0.1, 0.15) is 17.7 Å². The maximum atomic E-state index is 13.9. The fraction of sp³-hybridized carbons (Fsp3) is 0.500. The first-order valence-electron chi connectivity index (χ1n) is 3.80. The predicted octanol–water partition coefficient (Wildman–Crippen LogP) is 2.80. The Hall–Kier alpha value is 0.0700. The molecule has 1 aromatic heterocycles. The topological polar surface area (TPSA) is 26.0 Å². The SMILES string of the molecule is NC1CC(F)(c2sccc2Br)C1. The number of thiophene rings is 1. The van der Waals surface area contributed by atoms with Crippen molar-refractivity contribution in [3.05, 3.63) is 20.8 Å². The van der Waals surface area contributed by atoms with Gasteiger partial charge in [-0.3, -0.25) is 0 Å². The van der Waals surface area contributed by atoms with Crippen LogP contribution in [-0.4, -0.2) is 6.04 Å². The van der Waals surface area contributed by atoms with E-state index >= 15 is 0 Å². The van der Waals surface area contributed by atoms with Crippen molar-refractivity contribution < 1.29 is 4.39 Å². The summed E-state index contributed by atoms with van der Waals surface area (Å²) in [4.78, 5) is 0.796. The van der Waals surface area contributed by atoms with E-state index in [9.17, 15) is 4.39 Å². The molecule has 0 unspecified atom stereocenters. The Bertz CT molecular complexity index is 293. The molecule has 0 bridgehead atoms. The van der Waals surface area contributed by atoms with Gasteiger partial charge in [0, 0.05) is 23.4 Å². The molecule has 12 heavy (non-hydrogen) atoms. The molecule has 2 rings (SSSR count). The zero-order valence-electron chi connectivity index (χ0n) is 6.39. The zero-order chi connectivity index (χ0) is 8.77. The lowest BCUT2D eigenvalue weighted by atomic mass is 9.77. The molecule has 0 radical (unpaired) electrons. The molecule has 1 nitrogen and oxygen atoms in total. The molecule has 0 atom stereocenters. The third-order valence-corrected chi connectivity index (χ3v) is 4.21. The molecule has 66 valence electrons. The highest BCUT2D eigenvalue weighted by molar-refractivity contribution is 9.10. The van der Waals surface area contributed by atoms with Gasteiger partial charge >= 0.3 is 0 Å². The summed E-state index contributed by atoms with van der Waals surface area (Å²) in [6.45, 7) is 0. The Morgan fingerprint density at radius 3 is 2.75 bits per heavy atom. The fourth-order valence-corrected chi connectivity index (χ4v) is 3.41. The van der Waals surface area contributed by atoms with Crippen molar-refractivity contribution in [3.8, 4) is 0 Å². The van der Waals surface area contributed by atoms with Crippen LogP contribution in [0.25, 0.3) is 0 Å². The van der Waals surface area contributed by atoms with Gasteiger partial charge in [-0.15, -0.1) is 11.3 Å². The maximum absolute atomic E-state index is 13.9. The lowest BCUT2D eigenvalue weighted by molar-refractivity contribution is 0.0437. The number of hydrogen-bond acceptors (Lipinski definition) is 2. The van der Waals surface area contributed by atoms with Gasteiger partial charge in [0.1, 0.15) is 5.67 Å². The summed E-state index contributed by atoms with van der Waals surface area (Å²) in [6.07, 6.45) is 0.929. The molecule has 1 aromatic rings. The van der Waals surface area contributed by atoms with Crippen molar-refractivity contribution in [3.63, 3.8) is 0 Å².